The van der Waals surface area contributed by atoms with Crippen molar-refractivity contribution in [3.05, 3.63) is 47.3 Å². The van der Waals surface area contributed by atoms with Gasteiger partial charge in [0.15, 0.2) is 0 Å². The lowest BCUT2D eigenvalue weighted by Gasteiger charge is -2.32. The number of aliphatic hydroxyl groups excluding tert-OH is 1. The molecule has 2 aliphatic rings. The number of hydrogen-bond donors (Lipinski definition) is 2. The molecular weight excluding hydrogens is 400 g/mol. The summed E-state index contributed by atoms with van der Waals surface area (Å²) in [4.78, 5) is 13.0. The Bertz CT molecular complexity index is 979. The lowest BCUT2D eigenvalue weighted by molar-refractivity contribution is -0.0261. The molecule has 6 nitrogen and oxygen atoms in total. The molecule has 0 bridgehead atoms. The van der Waals surface area contributed by atoms with Gasteiger partial charge in [-0.1, -0.05) is 24.3 Å². The van der Waals surface area contributed by atoms with E-state index in [2.05, 4.69) is 5.32 Å². The number of amides is 1. The molecule has 2 fully saturated rings. The molecule has 2 heterocycles. The zero-order valence-electron chi connectivity index (χ0n) is 18.4. The van der Waals surface area contributed by atoms with Gasteiger partial charge < -0.3 is 24.5 Å². The van der Waals surface area contributed by atoms with Crippen LogP contribution in [-0.4, -0.2) is 54.7 Å². The molecule has 166 valence electrons. The van der Waals surface area contributed by atoms with Crippen LogP contribution in [0.1, 0.15) is 50.0 Å². The number of carbonyl (C=O) groups excluding carboxylic acids is 1. The smallest absolute Gasteiger partial charge is 0.403 e. The Hall–Kier alpha value is -2.00. The van der Waals surface area contributed by atoms with Gasteiger partial charge in [-0.05, 0) is 51.1 Å². The number of halogens is 1. The summed E-state index contributed by atoms with van der Waals surface area (Å²) in [5.41, 5.74) is -0.239. The van der Waals surface area contributed by atoms with Crippen LogP contribution in [0.2, 0.25) is 0 Å². The molecule has 2 N–H and O–H groups in total. The Balaban J connectivity index is 1.66. The van der Waals surface area contributed by atoms with Gasteiger partial charge in [0.25, 0.3) is 5.91 Å². The van der Waals surface area contributed by atoms with Gasteiger partial charge in [0.2, 0.25) is 0 Å². The highest BCUT2D eigenvalue weighted by Gasteiger charge is 2.51. The van der Waals surface area contributed by atoms with E-state index in [1.807, 2.05) is 39.8 Å². The predicted octanol–water partition coefficient (Wildman–Crippen LogP) is 3.03. The van der Waals surface area contributed by atoms with Crippen molar-refractivity contribution in [1.29, 1.82) is 0 Å². The predicted molar refractivity (Wildman–Crippen MR) is 116 cm³/mol. The third-order valence-electron chi connectivity index (χ3n) is 6.64. The lowest BCUT2D eigenvalue weighted by atomic mass is 9.78. The van der Waals surface area contributed by atoms with Crippen LogP contribution in [0, 0.1) is 5.82 Å². The summed E-state index contributed by atoms with van der Waals surface area (Å²) >= 11 is 0. The van der Waals surface area contributed by atoms with E-state index in [1.165, 1.54) is 0 Å². The number of rotatable bonds is 4. The highest BCUT2D eigenvalue weighted by Crippen LogP contribution is 2.38. The molecule has 0 saturated carbocycles. The summed E-state index contributed by atoms with van der Waals surface area (Å²) in [6.45, 7) is 8.51. The summed E-state index contributed by atoms with van der Waals surface area (Å²) in [6, 6.07) is 8.19. The van der Waals surface area contributed by atoms with Crippen LogP contribution >= 0.6 is 0 Å². The van der Waals surface area contributed by atoms with Crippen molar-refractivity contribution in [3.63, 3.8) is 0 Å². The molecule has 0 spiro atoms. The van der Waals surface area contributed by atoms with Gasteiger partial charge in [-0.3, -0.25) is 4.79 Å². The van der Waals surface area contributed by atoms with Gasteiger partial charge in [0, 0.05) is 18.3 Å². The van der Waals surface area contributed by atoms with Gasteiger partial charge in [0.05, 0.1) is 35.5 Å². The molecule has 0 aliphatic carbocycles. The van der Waals surface area contributed by atoms with Crippen molar-refractivity contribution in [3.8, 4) is 0 Å². The average Bonchev–Trinajstić information content (AvgIpc) is 2.92. The summed E-state index contributed by atoms with van der Waals surface area (Å²) in [5.74, 6) is -1.13. The van der Waals surface area contributed by atoms with Crippen molar-refractivity contribution >= 4 is 23.8 Å². The van der Waals surface area contributed by atoms with Gasteiger partial charge in [-0.15, -0.1) is 0 Å². The van der Waals surface area contributed by atoms with Crippen LogP contribution in [0.3, 0.4) is 0 Å². The third kappa shape index (κ3) is 4.22. The molecule has 1 amide bonds. The Morgan fingerprint density at radius 1 is 1.19 bits per heavy atom. The van der Waals surface area contributed by atoms with E-state index in [0.717, 1.165) is 10.9 Å². The normalized spacial score (nSPS) is 25.0. The minimum Gasteiger partial charge on any atom is -0.403 e. The highest BCUT2D eigenvalue weighted by atomic mass is 19.1. The number of carbonyl (C=O) groups is 1. The van der Waals surface area contributed by atoms with Crippen molar-refractivity contribution in [2.45, 2.75) is 63.8 Å². The maximum atomic E-state index is 15.3. The molecule has 2 aromatic rings. The van der Waals surface area contributed by atoms with E-state index in [1.54, 1.807) is 18.2 Å². The van der Waals surface area contributed by atoms with E-state index < -0.39 is 42.2 Å². The Labute approximate surface area is 182 Å². The van der Waals surface area contributed by atoms with Crippen LogP contribution in [-0.2, 0) is 20.4 Å². The molecular formula is C23H29BFNO5. The molecule has 2 aliphatic heterocycles. The van der Waals surface area contributed by atoms with Crippen LogP contribution < -0.4 is 5.32 Å². The number of ether oxygens (including phenoxy) is 1. The molecule has 2 atom stereocenters. The van der Waals surface area contributed by atoms with Crippen molar-refractivity contribution in [2.24, 2.45) is 0 Å². The zero-order chi connectivity index (χ0) is 22.4. The van der Waals surface area contributed by atoms with Crippen LogP contribution in [0.4, 0.5) is 4.39 Å². The SMILES string of the molecule is CC1(C)OB(Cc2cc(C(=O)N[C@H]3CCOC[C@@H]3O)c(F)c3ccccc23)OC1(C)C. The minimum absolute atomic E-state index is 0.0519. The van der Waals surface area contributed by atoms with E-state index >= 15 is 4.39 Å². The third-order valence-corrected chi connectivity index (χ3v) is 6.64. The number of aliphatic hydroxyl groups is 1. The fourth-order valence-electron chi connectivity index (χ4n) is 4.11. The van der Waals surface area contributed by atoms with Crippen LogP contribution in [0.5, 0.6) is 0 Å². The molecule has 0 unspecified atom stereocenters. The van der Waals surface area contributed by atoms with Crippen LogP contribution in [0.25, 0.3) is 10.8 Å². The first-order valence-electron chi connectivity index (χ1n) is 10.7. The minimum atomic E-state index is -0.814. The van der Waals surface area contributed by atoms with Gasteiger partial charge in [0.1, 0.15) is 5.82 Å². The standard InChI is InChI=1S/C23H29BFNO5/c1-22(2)23(3,4)31-24(30-22)12-14-11-17(20(25)16-8-6-5-7-15(14)16)21(28)26-18-9-10-29-13-19(18)27/h5-8,11,18-19,27H,9-10,12-13H2,1-4H3,(H,26,28)/t18-,19-/m0/s1. The largest absolute Gasteiger partial charge is 0.462 e. The van der Waals surface area contributed by atoms with Gasteiger partial charge in [-0.2, -0.15) is 0 Å². The molecule has 8 heteroatoms. The lowest BCUT2D eigenvalue weighted by Crippen LogP contribution is -2.48. The molecule has 4 rings (SSSR count). The molecule has 0 aromatic heterocycles. The summed E-state index contributed by atoms with van der Waals surface area (Å²) < 4.78 is 32.7. The highest BCUT2D eigenvalue weighted by molar-refractivity contribution is 6.45. The van der Waals surface area contributed by atoms with E-state index in [0.29, 0.717) is 24.7 Å². The second kappa shape index (κ2) is 8.17. The molecule has 31 heavy (non-hydrogen) atoms. The Morgan fingerprint density at radius 3 is 2.48 bits per heavy atom. The van der Waals surface area contributed by atoms with Crippen LogP contribution in [0.15, 0.2) is 30.3 Å². The summed E-state index contributed by atoms with van der Waals surface area (Å²) in [7, 11) is -0.507. The fourth-order valence-corrected chi connectivity index (χ4v) is 4.11. The van der Waals surface area contributed by atoms with Crippen molar-refractivity contribution < 1.29 is 28.3 Å². The molecule has 0 radical (unpaired) electrons. The van der Waals surface area contributed by atoms with E-state index in [4.69, 9.17) is 14.0 Å². The number of hydrogen-bond acceptors (Lipinski definition) is 5. The Kier molecular flexibility index (Phi) is 5.85. The quantitative estimate of drug-likeness (QED) is 0.731. The second-order valence-electron chi connectivity index (χ2n) is 9.34. The maximum Gasteiger partial charge on any atom is 0.462 e. The monoisotopic (exact) mass is 429 g/mol. The fraction of sp³-hybridized carbons (Fsp3) is 0.522. The zero-order valence-corrected chi connectivity index (χ0v) is 18.4. The molecule has 2 saturated heterocycles. The van der Waals surface area contributed by atoms with Crippen molar-refractivity contribution in [2.75, 3.05) is 13.2 Å². The maximum absolute atomic E-state index is 15.3. The second-order valence-corrected chi connectivity index (χ2v) is 9.34. The first kappa shape index (κ1) is 22.2. The summed E-state index contributed by atoms with van der Waals surface area (Å²) in [6.07, 6.45) is 0.0434. The van der Waals surface area contributed by atoms with Gasteiger partial charge >= 0.3 is 7.12 Å². The van der Waals surface area contributed by atoms with Gasteiger partial charge in [-0.25, -0.2) is 4.39 Å². The van der Waals surface area contributed by atoms with E-state index in [-0.39, 0.29) is 12.2 Å². The molecule has 2 aromatic carbocycles. The topological polar surface area (TPSA) is 77.0 Å². The number of benzene rings is 2. The summed E-state index contributed by atoms with van der Waals surface area (Å²) in [5, 5.41) is 13.9. The number of nitrogens with one attached hydrogen (secondary N) is 1. The first-order chi connectivity index (χ1) is 14.6. The van der Waals surface area contributed by atoms with Crippen molar-refractivity contribution in [1.82, 2.24) is 5.32 Å². The van der Waals surface area contributed by atoms with E-state index in [9.17, 15) is 9.90 Å². The first-order valence-corrected chi connectivity index (χ1v) is 10.7. The Morgan fingerprint density at radius 2 is 1.84 bits per heavy atom. The number of fused-ring (bicyclic) bond motifs is 1. The average molecular weight is 429 g/mol.